The maximum absolute atomic E-state index is 6.72. The maximum Gasteiger partial charge on any atom is 0.223 e. The molecule has 4 rings (SSSR count). The van der Waals surface area contributed by atoms with Crippen molar-refractivity contribution in [2.45, 2.75) is 5.79 Å². The van der Waals surface area contributed by atoms with E-state index < -0.39 is 5.79 Å². The number of benzene rings is 2. The highest BCUT2D eigenvalue weighted by molar-refractivity contribution is 7.09. The number of aromatic nitrogens is 1. The zero-order valence-electron chi connectivity index (χ0n) is 11.5. The van der Waals surface area contributed by atoms with Crippen molar-refractivity contribution >= 4 is 40.0 Å². The fourth-order valence-electron chi connectivity index (χ4n) is 2.72. The van der Waals surface area contributed by atoms with Crippen molar-refractivity contribution in [1.29, 1.82) is 0 Å². The normalized spacial score (nSPS) is 19.8. The largest absolute Gasteiger partial charge is 0.343 e. The van der Waals surface area contributed by atoms with Gasteiger partial charge in [0.25, 0.3) is 0 Å². The van der Waals surface area contributed by atoms with E-state index >= 15 is 0 Å². The van der Waals surface area contributed by atoms with Gasteiger partial charge in [-0.3, -0.25) is 10.6 Å². The topological polar surface area (TPSA) is 54.2 Å². The number of nitrogens with two attached hydrogens (primary N) is 1. The van der Waals surface area contributed by atoms with Crippen molar-refractivity contribution in [3.8, 4) is 0 Å². The lowest BCUT2D eigenvalue weighted by atomic mass is 10.2. The van der Waals surface area contributed by atoms with Crippen molar-refractivity contribution in [2.24, 2.45) is 5.73 Å². The second-order valence-corrected chi connectivity index (χ2v) is 6.39. The van der Waals surface area contributed by atoms with Gasteiger partial charge in [0.05, 0.1) is 11.4 Å². The minimum atomic E-state index is -0.911. The molecule has 0 amide bonds. The highest BCUT2D eigenvalue weighted by Crippen LogP contribution is 2.47. The first-order valence-corrected chi connectivity index (χ1v) is 8.06. The van der Waals surface area contributed by atoms with Crippen LogP contribution in [0.4, 0.5) is 17.1 Å². The molecule has 1 unspecified atom stereocenters. The summed E-state index contributed by atoms with van der Waals surface area (Å²) in [6, 6.07) is 15.7. The van der Waals surface area contributed by atoms with Crippen molar-refractivity contribution in [1.82, 2.24) is 4.98 Å². The van der Waals surface area contributed by atoms with E-state index in [9.17, 15) is 0 Å². The molecule has 2 heterocycles. The summed E-state index contributed by atoms with van der Waals surface area (Å²) in [4.78, 5) is 6.46. The second-order valence-electron chi connectivity index (χ2n) is 5.06. The van der Waals surface area contributed by atoms with Crippen molar-refractivity contribution in [2.75, 3.05) is 10.2 Å². The lowest BCUT2D eigenvalue weighted by Gasteiger charge is -2.34. The van der Waals surface area contributed by atoms with Crippen LogP contribution in [-0.4, -0.2) is 4.98 Å². The molecule has 1 aliphatic rings. The van der Waals surface area contributed by atoms with E-state index in [0.29, 0.717) is 5.02 Å². The van der Waals surface area contributed by atoms with Crippen molar-refractivity contribution in [3.05, 3.63) is 70.1 Å². The fourth-order valence-corrected chi connectivity index (χ4v) is 3.54. The van der Waals surface area contributed by atoms with Crippen LogP contribution in [0.3, 0.4) is 0 Å². The molecule has 22 heavy (non-hydrogen) atoms. The Kier molecular flexibility index (Phi) is 3.07. The molecule has 3 N–H and O–H groups in total. The van der Waals surface area contributed by atoms with E-state index in [0.717, 1.165) is 22.1 Å². The van der Waals surface area contributed by atoms with E-state index in [-0.39, 0.29) is 0 Å². The van der Waals surface area contributed by atoms with Crippen LogP contribution < -0.4 is 16.0 Å². The van der Waals surface area contributed by atoms with Gasteiger partial charge in [-0.25, -0.2) is 4.98 Å². The lowest BCUT2D eigenvalue weighted by molar-refractivity contribution is 0.540. The number of hydrogen-bond donors (Lipinski definition) is 2. The molecule has 6 heteroatoms. The van der Waals surface area contributed by atoms with Gasteiger partial charge in [0, 0.05) is 22.3 Å². The minimum Gasteiger partial charge on any atom is -0.343 e. The van der Waals surface area contributed by atoms with Gasteiger partial charge in [0.2, 0.25) is 5.79 Å². The smallest absolute Gasteiger partial charge is 0.223 e. The molecule has 3 aromatic rings. The molecule has 0 spiro atoms. The molecule has 0 aliphatic carbocycles. The summed E-state index contributed by atoms with van der Waals surface area (Å²) >= 11 is 7.54. The molecule has 1 aromatic heterocycles. The quantitative estimate of drug-likeness (QED) is 0.742. The molecule has 0 fully saturated rings. The highest BCUT2D eigenvalue weighted by Gasteiger charge is 2.44. The summed E-state index contributed by atoms with van der Waals surface area (Å²) in [5.41, 5.74) is 9.67. The van der Waals surface area contributed by atoms with Crippen LogP contribution in [0, 0.1) is 0 Å². The first kappa shape index (κ1) is 13.6. The second kappa shape index (κ2) is 4.98. The Balaban J connectivity index is 1.91. The molecule has 110 valence electrons. The minimum absolute atomic E-state index is 0.695. The molecule has 4 nitrogen and oxygen atoms in total. The Labute approximate surface area is 137 Å². The SMILES string of the molecule is NC1(c2nccs2)Nc2ccccc2N1c1ccc(Cl)cc1. The van der Waals surface area contributed by atoms with E-state index in [2.05, 4.69) is 15.2 Å². The Morgan fingerprint density at radius 2 is 1.91 bits per heavy atom. The standard InChI is InChI=1S/C16H13ClN4S/c17-11-5-7-12(8-6-11)21-14-4-2-1-3-13(14)20-16(21,18)15-19-9-10-22-15/h1-10,20H,18H2. The molecule has 0 saturated heterocycles. The first-order valence-electron chi connectivity index (χ1n) is 6.80. The molecule has 2 aromatic carbocycles. The predicted molar refractivity (Wildman–Crippen MR) is 91.6 cm³/mol. The van der Waals surface area contributed by atoms with Crippen molar-refractivity contribution in [3.63, 3.8) is 0 Å². The number of rotatable bonds is 2. The predicted octanol–water partition coefficient (Wildman–Crippen LogP) is 4.13. The number of halogens is 1. The molecular formula is C16H13ClN4S. The highest BCUT2D eigenvalue weighted by atomic mass is 35.5. The molecular weight excluding hydrogens is 316 g/mol. The van der Waals surface area contributed by atoms with Gasteiger partial charge in [0.1, 0.15) is 0 Å². The van der Waals surface area contributed by atoms with Crippen LogP contribution in [0.5, 0.6) is 0 Å². The van der Waals surface area contributed by atoms with Crippen LogP contribution >= 0.6 is 22.9 Å². The monoisotopic (exact) mass is 328 g/mol. The zero-order valence-corrected chi connectivity index (χ0v) is 13.1. The van der Waals surface area contributed by atoms with Gasteiger partial charge in [-0.2, -0.15) is 0 Å². The number of nitrogens with one attached hydrogen (secondary N) is 1. The molecule has 0 radical (unpaired) electrons. The molecule has 0 saturated carbocycles. The van der Waals surface area contributed by atoms with Crippen LogP contribution in [-0.2, 0) is 5.79 Å². The molecule has 1 aliphatic heterocycles. The zero-order chi connectivity index (χ0) is 15.2. The third-order valence-electron chi connectivity index (χ3n) is 3.67. The van der Waals surface area contributed by atoms with E-state index in [1.54, 1.807) is 6.20 Å². The van der Waals surface area contributed by atoms with Crippen molar-refractivity contribution < 1.29 is 0 Å². The average Bonchev–Trinajstić information content (AvgIpc) is 3.14. The van der Waals surface area contributed by atoms with Crippen LogP contribution in [0.15, 0.2) is 60.1 Å². The third kappa shape index (κ3) is 1.98. The fraction of sp³-hybridized carbons (Fsp3) is 0.0625. The summed E-state index contributed by atoms with van der Waals surface area (Å²) in [7, 11) is 0. The van der Waals surface area contributed by atoms with Gasteiger partial charge in [-0.15, -0.1) is 11.3 Å². The summed E-state index contributed by atoms with van der Waals surface area (Å²) in [5.74, 6) is -0.911. The number of nitrogens with zero attached hydrogens (tertiary/aromatic N) is 2. The number of fused-ring (bicyclic) bond motifs is 1. The summed E-state index contributed by atoms with van der Waals surface area (Å²) < 4.78 is 0. The number of thiazole rings is 1. The van der Waals surface area contributed by atoms with E-state index in [4.69, 9.17) is 17.3 Å². The van der Waals surface area contributed by atoms with Gasteiger partial charge >= 0.3 is 0 Å². The lowest BCUT2D eigenvalue weighted by Crippen LogP contribution is -2.53. The Morgan fingerprint density at radius 3 is 2.64 bits per heavy atom. The Hall–Kier alpha value is -2.08. The number of para-hydroxylation sites is 2. The summed E-state index contributed by atoms with van der Waals surface area (Å²) in [5, 5.41) is 6.82. The van der Waals surface area contributed by atoms with Crippen LogP contribution in [0.1, 0.15) is 5.01 Å². The van der Waals surface area contributed by atoms with Gasteiger partial charge in [-0.1, -0.05) is 23.7 Å². The molecule has 1 atom stereocenters. The molecule has 0 bridgehead atoms. The summed E-state index contributed by atoms with van der Waals surface area (Å²) in [6.07, 6.45) is 1.76. The van der Waals surface area contributed by atoms with Gasteiger partial charge in [0.15, 0.2) is 5.01 Å². The van der Waals surface area contributed by atoms with Crippen LogP contribution in [0.2, 0.25) is 5.02 Å². The average molecular weight is 329 g/mol. The van der Waals surface area contributed by atoms with Crippen LogP contribution in [0.25, 0.3) is 0 Å². The van der Waals surface area contributed by atoms with Gasteiger partial charge < -0.3 is 5.32 Å². The first-order chi connectivity index (χ1) is 10.7. The van der Waals surface area contributed by atoms with E-state index in [1.165, 1.54) is 11.3 Å². The number of anilines is 3. The Bertz CT molecular complexity index is 803. The van der Waals surface area contributed by atoms with Gasteiger partial charge in [-0.05, 0) is 36.4 Å². The summed E-state index contributed by atoms with van der Waals surface area (Å²) in [6.45, 7) is 0. The third-order valence-corrected chi connectivity index (χ3v) is 4.82. The Morgan fingerprint density at radius 1 is 1.14 bits per heavy atom. The van der Waals surface area contributed by atoms with E-state index in [1.807, 2.05) is 53.9 Å². The number of hydrogen-bond acceptors (Lipinski definition) is 5. The maximum atomic E-state index is 6.72.